The van der Waals surface area contributed by atoms with Gasteiger partial charge in [0.05, 0.1) is 0 Å². The molecule has 1 aromatic heterocycles. The summed E-state index contributed by atoms with van der Waals surface area (Å²) in [5, 5.41) is 8.62. The molecule has 0 spiro atoms. The molecule has 0 amide bonds. The Hall–Kier alpha value is -2.30. The fourth-order valence-corrected chi connectivity index (χ4v) is 1.28. The van der Waals surface area contributed by atoms with Crippen LogP contribution in [-0.4, -0.2) is 11.1 Å². The summed E-state index contributed by atoms with van der Waals surface area (Å²) in [5.74, 6) is -1.72. The Labute approximate surface area is 96.2 Å². The molecule has 1 heterocycles. The molecule has 88 valence electrons. The Kier molecular flexibility index (Phi) is 3.09. The Morgan fingerprint density at radius 3 is 2.71 bits per heavy atom. The molecule has 0 saturated carbocycles. The summed E-state index contributed by atoms with van der Waals surface area (Å²) < 4.78 is 23.2. The van der Waals surface area contributed by atoms with Gasteiger partial charge in [0.25, 0.3) is 5.95 Å². The van der Waals surface area contributed by atoms with Crippen molar-refractivity contribution in [2.24, 2.45) is 0 Å². The fraction of sp³-hybridized carbons (Fsp3) is 0.0833. The zero-order valence-corrected chi connectivity index (χ0v) is 8.72. The number of carbonyl (C=O) groups is 1. The first-order valence-electron chi connectivity index (χ1n) is 4.86. The molecule has 17 heavy (non-hydrogen) atoms. The van der Waals surface area contributed by atoms with E-state index in [1.807, 2.05) is 0 Å². The molecular weight excluding hydrogens is 227 g/mol. The molecule has 5 heteroatoms. The highest BCUT2D eigenvalue weighted by Gasteiger charge is 2.10. The summed E-state index contributed by atoms with van der Waals surface area (Å²) in [7, 11) is 0. The van der Waals surface area contributed by atoms with Crippen LogP contribution in [0.3, 0.4) is 0 Å². The lowest BCUT2D eigenvalue weighted by Crippen LogP contribution is -1.97. The molecule has 0 unspecified atom stereocenters. The van der Waals surface area contributed by atoms with Gasteiger partial charge in [-0.25, -0.2) is 9.18 Å². The Morgan fingerprint density at radius 2 is 2.06 bits per heavy atom. The number of aromatic carboxylic acids is 1. The van der Waals surface area contributed by atoms with E-state index in [0.717, 1.165) is 0 Å². The van der Waals surface area contributed by atoms with Crippen LogP contribution in [0.5, 0.6) is 5.95 Å². The van der Waals surface area contributed by atoms with E-state index < -0.39 is 5.97 Å². The summed E-state index contributed by atoms with van der Waals surface area (Å²) in [6.07, 6.45) is 0. The molecule has 4 nitrogen and oxygen atoms in total. The lowest BCUT2D eigenvalue weighted by molar-refractivity contribution is 0.0652. The molecule has 1 aromatic carbocycles. The third kappa shape index (κ3) is 2.63. The monoisotopic (exact) mass is 236 g/mol. The van der Waals surface area contributed by atoms with Crippen LogP contribution in [0.15, 0.2) is 40.8 Å². The van der Waals surface area contributed by atoms with E-state index >= 15 is 0 Å². The van der Waals surface area contributed by atoms with E-state index in [1.54, 1.807) is 18.2 Å². The number of benzene rings is 1. The SMILES string of the molecule is O=C(O)c1ccc(OCc2ccccc2F)o1. The minimum atomic E-state index is -1.18. The third-order valence-electron chi connectivity index (χ3n) is 2.12. The number of furan rings is 1. The molecule has 0 fully saturated rings. The van der Waals surface area contributed by atoms with Crippen molar-refractivity contribution in [3.63, 3.8) is 0 Å². The molecular formula is C12H9FO4. The van der Waals surface area contributed by atoms with Crippen LogP contribution in [0.25, 0.3) is 0 Å². The molecule has 0 bridgehead atoms. The highest BCUT2D eigenvalue weighted by Crippen LogP contribution is 2.18. The summed E-state index contributed by atoms with van der Waals surface area (Å²) in [6, 6.07) is 8.82. The van der Waals surface area contributed by atoms with Gasteiger partial charge in [-0.2, -0.15) is 0 Å². The second kappa shape index (κ2) is 4.69. The van der Waals surface area contributed by atoms with Gasteiger partial charge in [-0.3, -0.25) is 0 Å². The standard InChI is InChI=1S/C12H9FO4/c13-9-4-2-1-3-8(9)7-16-11-6-5-10(17-11)12(14)15/h1-6H,7H2,(H,14,15). The van der Waals surface area contributed by atoms with Gasteiger partial charge in [-0.15, -0.1) is 0 Å². The van der Waals surface area contributed by atoms with E-state index in [-0.39, 0.29) is 24.1 Å². The van der Waals surface area contributed by atoms with Crippen LogP contribution in [0.4, 0.5) is 4.39 Å². The maximum Gasteiger partial charge on any atom is 0.371 e. The molecule has 0 aliphatic rings. The number of carboxylic acid groups (broad SMARTS) is 1. The van der Waals surface area contributed by atoms with Crippen molar-refractivity contribution in [3.05, 3.63) is 53.5 Å². The molecule has 0 aliphatic heterocycles. The fourth-order valence-electron chi connectivity index (χ4n) is 1.28. The lowest BCUT2D eigenvalue weighted by Gasteiger charge is -2.03. The Bertz CT molecular complexity index is 533. The Morgan fingerprint density at radius 1 is 1.29 bits per heavy atom. The number of halogens is 1. The maximum absolute atomic E-state index is 13.2. The maximum atomic E-state index is 13.2. The number of ether oxygens (including phenoxy) is 1. The van der Waals surface area contributed by atoms with E-state index in [2.05, 4.69) is 0 Å². The zero-order valence-electron chi connectivity index (χ0n) is 8.72. The van der Waals surface area contributed by atoms with Crippen molar-refractivity contribution < 1.29 is 23.4 Å². The summed E-state index contributed by atoms with van der Waals surface area (Å²) in [6.45, 7) is -0.0146. The van der Waals surface area contributed by atoms with Gasteiger partial charge in [0.2, 0.25) is 5.76 Å². The molecule has 1 N–H and O–H groups in total. The number of hydrogen-bond donors (Lipinski definition) is 1. The molecule has 0 radical (unpaired) electrons. The van der Waals surface area contributed by atoms with Crippen LogP contribution in [0, 0.1) is 5.82 Å². The van der Waals surface area contributed by atoms with Gasteiger partial charge in [0, 0.05) is 11.6 Å². The smallest absolute Gasteiger partial charge is 0.371 e. The van der Waals surface area contributed by atoms with Crippen LogP contribution in [0.2, 0.25) is 0 Å². The predicted molar refractivity (Wildman–Crippen MR) is 56.4 cm³/mol. The van der Waals surface area contributed by atoms with Crippen LogP contribution < -0.4 is 4.74 Å². The first kappa shape index (κ1) is 11.2. The topological polar surface area (TPSA) is 59.7 Å². The van der Waals surface area contributed by atoms with Gasteiger partial charge >= 0.3 is 5.97 Å². The lowest BCUT2D eigenvalue weighted by atomic mass is 10.2. The largest absolute Gasteiger partial charge is 0.475 e. The minimum absolute atomic E-state index is 0.0146. The third-order valence-corrected chi connectivity index (χ3v) is 2.12. The minimum Gasteiger partial charge on any atom is -0.475 e. The van der Waals surface area contributed by atoms with Crippen molar-refractivity contribution >= 4 is 5.97 Å². The first-order valence-corrected chi connectivity index (χ1v) is 4.86. The summed E-state index contributed by atoms with van der Waals surface area (Å²) in [5.41, 5.74) is 0.376. The van der Waals surface area contributed by atoms with Crippen LogP contribution in [-0.2, 0) is 6.61 Å². The molecule has 0 atom stereocenters. The van der Waals surface area contributed by atoms with Gasteiger partial charge in [-0.1, -0.05) is 18.2 Å². The van der Waals surface area contributed by atoms with Crippen molar-refractivity contribution in [1.82, 2.24) is 0 Å². The van der Waals surface area contributed by atoms with Crippen LogP contribution in [0.1, 0.15) is 16.1 Å². The highest BCUT2D eigenvalue weighted by atomic mass is 19.1. The normalized spacial score (nSPS) is 10.2. The molecule has 2 rings (SSSR count). The average molecular weight is 236 g/mol. The molecule has 0 saturated heterocycles. The van der Waals surface area contributed by atoms with Crippen molar-refractivity contribution in [2.45, 2.75) is 6.61 Å². The van der Waals surface area contributed by atoms with Crippen molar-refractivity contribution in [1.29, 1.82) is 0 Å². The van der Waals surface area contributed by atoms with Crippen molar-refractivity contribution in [2.75, 3.05) is 0 Å². The second-order valence-corrected chi connectivity index (χ2v) is 3.30. The highest BCUT2D eigenvalue weighted by molar-refractivity contribution is 5.84. The van der Waals surface area contributed by atoms with E-state index in [0.29, 0.717) is 5.56 Å². The zero-order chi connectivity index (χ0) is 12.3. The first-order chi connectivity index (χ1) is 8.16. The van der Waals surface area contributed by atoms with Gasteiger partial charge in [0.15, 0.2) is 0 Å². The summed E-state index contributed by atoms with van der Waals surface area (Å²) >= 11 is 0. The van der Waals surface area contributed by atoms with Gasteiger partial charge in [0.1, 0.15) is 12.4 Å². The average Bonchev–Trinajstić information content (AvgIpc) is 2.77. The van der Waals surface area contributed by atoms with E-state index in [4.69, 9.17) is 14.3 Å². The second-order valence-electron chi connectivity index (χ2n) is 3.30. The molecule has 0 aliphatic carbocycles. The quantitative estimate of drug-likeness (QED) is 0.886. The van der Waals surface area contributed by atoms with Crippen LogP contribution >= 0.6 is 0 Å². The van der Waals surface area contributed by atoms with Gasteiger partial charge < -0.3 is 14.3 Å². The Balaban J connectivity index is 2.02. The van der Waals surface area contributed by atoms with Gasteiger partial charge in [-0.05, 0) is 12.1 Å². The van der Waals surface area contributed by atoms with Crippen molar-refractivity contribution in [3.8, 4) is 5.95 Å². The predicted octanol–water partition coefficient (Wildman–Crippen LogP) is 2.70. The van der Waals surface area contributed by atoms with E-state index in [9.17, 15) is 9.18 Å². The number of hydrogen-bond acceptors (Lipinski definition) is 3. The number of carboxylic acids is 1. The number of rotatable bonds is 4. The van der Waals surface area contributed by atoms with E-state index in [1.165, 1.54) is 18.2 Å². The summed E-state index contributed by atoms with van der Waals surface area (Å²) in [4.78, 5) is 10.5. The molecule has 2 aromatic rings.